The van der Waals surface area contributed by atoms with Crippen molar-refractivity contribution in [1.82, 2.24) is 4.31 Å². The van der Waals surface area contributed by atoms with Crippen molar-refractivity contribution in [3.63, 3.8) is 0 Å². The second-order valence-electron chi connectivity index (χ2n) is 6.55. The highest BCUT2D eigenvalue weighted by Crippen LogP contribution is 2.35. The summed E-state index contributed by atoms with van der Waals surface area (Å²) in [6.45, 7) is 0.624. The Bertz CT molecular complexity index is 947. The maximum Gasteiger partial charge on any atom is 0.307 e. The first-order valence-corrected chi connectivity index (χ1v) is 10.4. The van der Waals surface area contributed by atoms with Gasteiger partial charge in [-0.25, -0.2) is 12.8 Å². The van der Waals surface area contributed by atoms with E-state index in [-0.39, 0.29) is 23.8 Å². The minimum Gasteiger partial charge on any atom is -0.481 e. The lowest BCUT2D eigenvalue weighted by molar-refractivity contribution is -0.136. The number of benzene rings is 2. The van der Waals surface area contributed by atoms with E-state index >= 15 is 0 Å². The topological polar surface area (TPSA) is 74.7 Å². The van der Waals surface area contributed by atoms with Crippen LogP contribution in [0.3, 0.4) is 0 Å². The van der Waals surface area contributed by atoms with Gasteiger partial charge in [-0.2, -0.15) is 4.31 Å². The molecule has 1 aliphatic rings. The third kappa shape index (κ3) is 4.31. The van der Waals surface area contributed by atoms with Crippen LogP contribution in [0.4, 0.5) is 4.39 Å². The Balaban J connectivity index is 1.86. The quantitative estimate of drug-likeness (QED) is 0.814. The minimum absolute atomic E-state index is 0.0512. The number of carbonyl (C=O) groups is 1. The molecular formula is C19H19ClFNO4S. The molecular weight excluding hydrogens is 393 g/mol. The van der Waals surface area contributed by atoms with Crippen molar-refractivity contribution in [3.05, 3.63) is 64.4 Å². The highest BCUT2D eigenvalue weighted by atomic mass is 35.5. The first-order valence-electron chi connectivity index (χ1n) is 8.54. The molecule has 1 unspecified atom stereocenters. The number of hydrogen-bond donors (Lipinski definition) is 1. The molecule has 0 spiro atoms. The molecule has 0 saturated carbocycles. The number of carboxylic acids is 1. The average Bonchev–Trinajstić information content (AvgIpc) is 2.63. The van der Waals surface area contributed by atoms with Crippen LogP contribution < -0.4 is 0 Å². The zero-order valence-corrected chi connectivity index (χ0v) is 16.0. The highest BCUT2D eigenvalue weighted by molar-refractivity contribution is 7.89. The summed E-state index contributed by atoms with van der Waals surface area (Å²) < 4.78 is 40.2. The lowest BCUT2D eigenvalue weighted by Gasteiger charge is -2.32. The van der Waals surface area contributed by atoms with Gasteiger partial charge in [0.15, 0.2) is 0 Å². The molecule has 144 valence electrons. The van der Waals surface area contributed by atoms with E-state index in [9.17, 15) is 17.6 Å². The van der Waals surface area contributed by atoms with Gasteiger partial charge in [0.05, 0.1) is 11.3 Å². The Morgan fingerprint density at radius 3 is 2.59 bits per heavy atom. The number of hydrogen-bond acceptors (Lipinski definition) is 3. The normalized spacial score (nSPS) is 18.4. The van der Waals surface area contributed by atoms with Crippen LogP contribution in [-0.4, -0.2) is 36.9 Å². The monoisotopic (exact) mass is 411 g/mol. The van der Waals surface area contributed by atoms with Crippen LogP contribution >= 0.6 is 11.6 Å². The summed E-state index contributed by atoms with van der Waals surface area (Å²) in [5.74, 6) is -1.60. The summed E-state index contributed by atoms with van der Waals surface area (Å²) in [5.41, 5.74) is 1.27. The van der Waals surface area contributed by atoms with Gasteiger partial charge in [-0.15, -0.1) is 0 Å². The molecule has 1 saturated heterocycles. The number of halogens is 2. The third-order valence-electron chi connectivity index (χ3n) is 4.73. The first-order chi connectivity index (χ1) is 12.8. The molecule has 8 heteroatoms. The number of nitrogens with zero attached hydrogens (tertiary/aromatic N) is 1. The van der Waals surface area contributed by atoms with Crippen molar-refractivity contribution < 1.29 is 22.7 Å². The van der Waals surface area contributed by atoms with E-state index in [1.54, 1.807) is 12.1 Å². The Labute approximate surface area is 162 Å². The highest BCUT2D eigenvalue weighted by Gasteiger charge is 2.32. The molecule has 1 aliphatic heterocycles. The molecule has 1 N–H and O–H groups in total. The molecule has 0 radical (unpaired) electrons. The minimum atomic E-state index is -3.73. The summed E-state index contributed by atoms with van der Waals surface area (Å²) in [5, 5.41) is 9.39. The second kappa shape index (κ2) is 7.96. The maximum atomic E-state index is 13.1. The van der Waals surface area contributed by atoms with E-state index in [1.165, 1.54) is 16.4 Å². The summed E-state index contributed by atoms with van der Waals surface area (Å²) >= 11 is 6.41. The number of piperidine rings is 1. The lowest BCUT2D eigenvalue weighted by Crippen LogP contribution is -2.39. The molecule has 0 bridgehead atoms. The van der Waals surface area contributed by atoms with Gasteiger partial charge in [-0.3, -0.25) is 4.79 Å². The van der Waals surface area contributed by atoms with Crippen molar-refractivity contribution >= 4 is 27.6 Å². The predicted octanol–water partition coefficient (Wildman–Crippen LogP) is 3.67. The molecule has 1 fully saturated rings. The van der Waals surface area contributed by atoms with Crippen molar-refractivity contribution in [1.29, 1.82) is 0 Å². The number of carboxylic acid groups (broad SMARTS) is 1. The summed E-state index contributed by atoms with van der Waals surface area (Å²) in [4.78, 5) is 11.1. The zero-order chi connectivity index (χ0) is 19.6. The van der Waals surface area contributed by atoms with E-state index in [1.807, 2.05) is 6.07 Å². The molecule has 3 rings (SSSR count). The van der Waals surface area contributed by atoms with Crippen molar-refractivity contribution in [2.75, 3.05) is 13.1 Å². The molecule has 5 nitrogen and oxygen atoms in total. The fourth-order valence-corrected chi connectivity index (χ4v) is 5.26. The standard InChI is InChI=1S/C19H19ClFNO4S/c20-19-13(11-18(23)24)3-1-5-17(19)14-4-2-10-22(12-14)27(25,26)16-8-6-15(21)7-9-16/h1,3,5-9,14H,2,4,10-12H2,(H,23,24). The molecule has 2 aromatic carbocycles. The van der Waals surface area contributed by atoms with Crippen molar-refractivity contribution in [2.45, 2.75) is 30.1 Å². The van der Waals surface area contributed by atoms with Crippen LogP contribution in [0, 0.1) is 5.82 Å². The Morgan fingerprint density at radius 1 is 1.22 bits per heavy atom. The van der Waals surface area contributed by atoms with Crippen LogP contribution in [0.25, 0.3) is 0 Å². The predicted molar refractivity (Wildman–Crippen MR) is 99.9 cm³/mol. The smallest absolute Gasteiger partial charge is 0.307 e. The number of rotatable bonds is 5. The number of aliphatic carboxylic acids is 1. The molecule has 0 amide bonds. The third-order valence-corrected chi connectivity index (χ3v) is 7.07. The fraction of sp³-hybridized carbons (Fsp3) is 0.316. The molecule has 1 heterocycles. The van der Waals surface area contributed by atoms with Gasteiger partial charge in [-0.05, 0) is 54.2 Å². The van der Waals surface area contributed by atoms with Crippen LogP contribution in [0.2, 0.25) is 5.02 Å². The van der Waals surface area contributed by atoms with Gasteiger partial charge in [0.1, 0.15) is 5.82 Å². The molecule has 0 aliphatic carbocycles. The molecule has 27 heavy (non-hydrogen) atoms. The summed E-state index contributed by atoms with van der Waals surface area (Å²) in [7, 11) is -3.73. The van der Waals surface area contributed by atoms with E-state index < -0.39 is 21.8 Å². The van der Waals surface area contributed by atoms with E-state index in [4.69, 9.17) is 16.7 Å². The Kier molecular flexibility index (Phi) is 5.83. The zero-order valence-electron chi connectivity index (χ0n) is 14.4. The Morgan fingerprint density at radius 2 is 1.93 bits per heavy atom. The van der Waals surface area contributed by atoms with Gasteiger partial charge < -0.3 is 5.11 Å². The van der Waals surface area contributed by atoms with Crippen molar-refractivity contribution in [2.24, 2.45) is 0 Å². The van der Waals surface area contributed by atoms with E-state index in [0.29, 0.717) is 23.6 Å². The van der Waals surface area contributed by atoms with Gasteiger partial charge in [-0.1, -0.05) is 29.8 Å². The van der Waals surface area contributed by atoms with E-state index in [2.05, 4.69) is 0 Å². The van der Waals surface area contributed by atoms with Crippen molar-refractivity contribution in [3.8, 4) is 0 Å². The maximum absolute atomic E-state index is 13.1. The molecule has 0 aromatic heterocycles. The molecule has 1 atom stereocenters. The van der Waals surface area contributed by atoms with Gasteiger partial charge in [0.25, 0.3) is 0 Å². The molecule has 2 aromatic rings. The summed E-state index contributed by atoms with van der Waals surface area (Å²) in [6.07, 6.45) is 1.23. The average molecular weight is 412 g/mol. The van der Waals surface area contributed by atoms with Gasteiger partial charge in [0, 0.05) is 18.1 Å². The largest absolute Gasteiger partial charge is 0.481 e. The fourth-order valence-electron chi connectivity index (χ4n) is 3.38. The first kappa shape index (κ1) is 19.8. The van der Waals surface area contributed by atoms with Gasteiger partial charge >= 0.3 is 5.97 Å². The van der Waals surface area contributed by atoms with Crippen LogP contribution in [0.15, 0.2) is 47.4 Å². The van der Waals surface area contributed by atoms with Gasteiger partial charge in [0.2, 0.25) is 10.0 Å². The lowest BCUT2D eigenvalue weighted by atomic mass is 9.90. The number of sulfonamides is 1. The van der Waals surface area contributed by atoms with Crippen LogP contribution in [-0.2, 0) is 21.2 Å². The van der Waals surface area contributed by atoms with E-state index in [0.717, 1.165) is 24.1 Å². The summed E-state index contributed by atoms with van der Waals surface area (Å²) in [6, 6.07) is 9.99. The SMILES string of the molecule is O=C(O)Cc1cccc(C2CCCN(S(=O)(=O)c3ccc(F)cc3)C2)c1Cl. The second-order valence-corrected chi connectivity index (χ2v) is 8.86. The Hall–Kier alpha value is -1.96. The van der Waals surface area contributed by atoms with Crippen LogP contribution in [0.1, 0.15) is 29.9 Å². The van der Waals surface area contributed by atoms with Crippen LogP contribution in [0.5, 0.6) is 0 Å².